The third-order valence-corrected chi connectivity index (χ3v) is 4.59. The molecule has 0 radical (unpaired) electrons. The molecule has 0 aromatic heterocycles. The second kappa shape index (κ2) is 11.3. The van der Waals surface area contributed by atoms with Gasteiger partial charge >= 0.3 is 0 Å². The van der Waals surface area contributed by atoms with Gasteiger partial charge in [0.25, 0.3) is 0 Å². The van der Waals surface area contributed by atoms with E-state index in [1.807, 2.05) is 18.2 Å². The van der Waals surface area contributed by atoms with Gasteiger partial charge < -0.3 is 5.11 Å². The van der Waals surface area contributed by atoms with Crippen molar-refractivity contribution < 1.29 is 5.11 Å². The van der Waals surface area contributed by atoms with E-state index in [0.717, 1.165) is 12.8 Å². The number of allylic oxidation sites excluding steroid dienone is 8. The molecule has 0 saturated carbocycles. The van der Waals surface area contributed by atoms with E-state index < -0.39 is 0 Å². The zero-order chi connectivity index (χ0) is 20.2. The van der Waals surface area contributed by atoms with Crippen LogP contribution in [0, 0.1) is 0 Å². The van der Waals surface area contributed by atoms with Crippen molar-refractivity contribution >= 4 is 0 Å². The number of para-hydroxylation sites is 1. The smallest absolute Gasteiger partial charge is 0.115 e. The van der Waals surface area contributed by atoms with Gasteiger partial charge in [-0.1, -0.05) is 115 Å². The lowest BCUT2D eigenvalue weighted by atomic mass is 10.1. The molecule has 5 rings (SSSR count). The van der Waals surface area contributed by atoms with Gasteiger partial charge in [-0.15, -0.1) is 0 Å². The number of phenols is 1. The Hall–Kier alpha value is -3.58. The number of rotatable bonds is 2. The predicted octanol–water partition coefficient (Wildman–Crippen LogP) is 7.50. The lowest BCUT2D eigenvalue weighted by Crippen LogP contribution is -1.80. The maximum Gasteiger partial charge on any atom is 0.115 e. The molecule has 1 heteroatoms. The van der Waals surface area contributed by atoms with Crippen LogP contribution in [0.3, 0.4) is 0 Å². The summed E-state index contributed by atoms with van der Waals surface area (Å²) in [4.78, 5) is 0. The van der Waals surface area contributed by atoms with Crippen LogP contribution in [-0.2, 0) is 0 Å². The van der Waals surface area contributed by atoms with Gasteiger partial charge in [-0.3, -0.25) is 0 Å². The highest BCUT2D eigenvalue weighted by Gasteiger charge is 2.06. The van der Waals surface area contributed by atoms with Crippen molar-refractivity contribution in [1.29, 1.82) is 0 Å². The molecule has 1 N–H and O–H groups in total. The van der Waals surface area contributed by atoms with E-state index in [1.165, 1.54) is 22.3 Å². The molecule has 0 amide bonds. The molecule has 0 heterocycles. The molecule has 0 atom stereocenters. The van der Waals surface area contributed by atoms with Crippen molar-refractivity contribution in [3.63, 3.8) is 0 Å². The van der Waals surface area contributed by atoms with E-state index in [2.05, 4.69) is 85.0 Å². The van der Waals surface area contributed by atoms with Gasteiger partial charge in [-0.05, 0) is 47.2 Å². The first-order valence-electron chi connectivity index (χ1n) is 9.89. The molecule has 1 nitrogen and oxygen atoms in total. The van der Waals surface area contributed by atoms with Crippen molar-refractivity contribution in [2.45, 2.75) is 12.8 Å². The first-order valence-corrected chi connectivity index (χ1v) is 9.89. The molecule has 29 heavy (non-hydrogen) atoms. The van der Waals surface area contributed by atoms with Gasteiger partial charge in [0.05, 0.1) is 0 Å². The number of aromatic hydroxyl groups is 1. The maximum atomic E-state index is 8.63. The SMILES string of the molecule is C1=CCC(C2=CC=CC2)=C1.Oc1ccccc1.c1ccc(-c2ccccc2)cc1. The maximum absolute atomic E-state index is 8.63. The quantitative estimate of drug-likeness (QED) is 0.489. The third kappa shape index (κ3) is 6.82. The highest BCUT2D eigenvalue weighted by molar-refractivity contribution is 5.62. The molecule has 0 unspecified atom stereocenters. The highest BCUT2D eigenvalue weighted by atomic mass is 16.3. The first kappa shape index (κ1) is 20.2. The molecule has 0 spiro atoms. The molecule has 0 saturated heterocycles. The predicted molar refractivity (Wildman–Crippen MR) is 124 cm³/mol. The molecule has 2 aliphatic carbocycles. The van der Waals surface area contributed by atoms with Crippen molar-refractivity contribution in [3.05, 3.63) is 139 Å². The monoisotopic (exact) mass is 378 g/mol. The molecule has 3 aromatic rings. The molecule has 0 fully saturated rings. The third-order valence-electron chi connectivity index (χ3n) is 4.59. The molecular formula is C28H26O. The van der Waals surface area contributed by atoms with E-state index in [4.69, 9.17) is 5.11 Å². The summed E-state index contributed by atoms with van der Waals surface area (Å²) >= 11 is 0. The van der Waals surface area contributed by atoms with Crippen molar-refractivity contribution in [2.75, 3.05) is 0 Å². The van der Waals surface area contributed by atoms with Crippen molar-refractivity contribution in [3.8, 4) is 16.9 Å². The van der Waals surface area contributed by atoms with E-state index in [9.17, 15) is 0 Å². The van der Waals surface area contributed by atoms with Crippen molar-refractivity contribution in [1.82, 2.24) is 0 Å². The lowest BCUT2D eigenvalue weighted by Gasteiger charge is -1.99. The van der Waals surface area contributed by atoms with Gasteiger partial charge in [-0.2, -0.15) is 0 Å². The molecule has 3 aromatic carbocycles. The average molecular weight is 379 g/mol. The van der Waals surface area contributed by atoms with Gasteiger partial charge in [0, 0.05) is 0 Å². The normalized spacial score (nSPS) is 13.5. The Morgan fingerprint density at radius 2 is 0.862 bits per heavy atom. The van der Waals surface area contributed by atoms with Crippen LogP contribution in [0.25, 0.3) is 11.1 Å². The second-order valence-corrected chi connectivity index (χ2v) is 6.72. The number of phenolic OH excluding ortho intramolecular Hbond substituents is 1. The Kier molecular flexibility index (Phi) is 7.86. The minimum Gasteiger partial charge on any atom is -0.508 e. The summed E-state index contributed by atoms with van der Waals surface area (Å²) in [6.45, 7) is 0. The van der Waals surface area contributed by atoms with Crippen LogP contribution in [0.5, 0.6) is 5.75 Å². The van der Waals surface area contributed by atoms with Gasteiger partial charge in [0.15, 0.2) is 0 Å². The van der Waals surface area contributed by atoms with Gasteiger partial charge in [0.1, 0.15) is 5.75 Å². The Labute approximate surface area is 173 Å². The highest BCUT2D eigenvalue weighted by Crippen LogP contribution is 2.25. The zero-order valence-corrected chi connectivity index (χ0v) is 16.5. The molecule has 144 valence electrons. The summed E-state index contributed by atoms with van der Waals surface area (Å²) in [5.41, 5.74) is 5.53. The van der Waals surface area contributed by atoms with E-state index in [1.54, 1.807) is 24.3 Å². The fraction of sp³-hybridized carbons (Fsp3) is 0.0714. The fourth-order valence-electron chi connectivity index (χ4n) is 3.06. The lowest BCUT2D eigenvalue weighted by molar-refractivity contribution is 0.475. The number of hydrogen-bond donors (Lipinski definition) is 1. The summed E-state index contributed by atoms with van der Waals surface area (Å²) in [5, 5.41) is 8.63. The Bertz CT molecular complexity index is 913. The summed E-state index contributed by atoms with van der Waals surface area (Å²) in [5.74, 6) is 0.322. The summed E-state index contributed by atoms with van der Waals surface area (Å²) in [7, 11) is 0. The Morgan fingerprint density at radius 1 is 0.483 bits per heavy atom. The molecule has 0 aliphatic heterocycles. The second-order valence-electron chi connectivity index (χ2n) is 6.72. The van der Waals surface area contributed by atoms with E-state index in [-0.39, 0.29) is 0 Å². The van der Waals surface area contributed by atoms with Crippen LogP contribution in [0.15, 0.2) is 139 Å². The van der Waals surface area contributed by atoms with Crippen LogP contribution >= 0.6 is 0 Å². The zero-order valence-electron chi connectivity index (χ0n) is 16.5. The van der Waals surface area contributed by atoms with E-state index in [0.29, 0.717) is 5.75 Å². The minimum atomic E-state index is 0.322. The number of hydrogen-bond acceptors (Lipinski definition) is 1. The largest absolute Gasteiger partial charge is 0.508 e. The van der Waals surface area contributed by atoms with Gasteiger partial charge in [0.2, 0.25) is 0 Å². The Balaban J connectivity index is 0.000000129. The van der Waals surface area contributed by atoms with Crippen LogP contribution in [0.2, 0.25) is 0 Å². The molecular weight excluding hydrogens is 352 g/mol. The molecule has 2 aliphatic rings. The van der Waals surface area contributed by atoms with Crippen LogP contribution in [0.4, 0.5) is 0 Å². The molecule has 0 bridgehead atoms. The van der Waals surface area contributed by atoms with Crippen LogP contribution < -0.4 is 0 Å². The first-order chi connectivity index (χ1) is 14.3. The van der Waals surface area contributed by atoms with E-state index >= 15 is 0 Å². The standard InChI is InChI=1S/C12H10.C10H10.C6H6O/c1-3-7-11(8-4-1)12-9-5-2-6-10-12;1-2-6-9(5-1)10-7-3-4-8-10;7-6-4-2-1-3-5-6/h1-10H;1-5,7H,6,8H2;1-5,7H. The van der Waals surface area contributed by atoms with Crippen molar-refractivity contribution in [2.24, 2.45) is 0 Å². The van der Waals surface area contributed by atoms with Gasteiger partial charge in [-0.25, -0.2) is 0 Å². The minimum absolute atomic E-state index is 0.322. The fourth-order valence-corrected chi connectivity index (χ4v) is 3.06. The summed E-state index contributed by atoms with van der Waals surface area (Å²) in [6.07, 6.45) is 15.4. The Morgan fingerprint density at radius 3 is 1.14 bits per heavy atom. The van der Waals surface area contributed by atoms with Crippen LogP contribution in [-0.4, -0.2) is 5.11 Å². The number of benzene rings is 3. The topological polar surface area (TPSA) is 20.2 Å². The summed E-state index contributed by atoms with van der Waals surface area (Å²) < 4.78 is 0. The average Bonchev–Trinajstić information content (AvgIpc) is 3.51. The summed E-state index contributed by atoms with van der Waals surface area (Å²) in [6, 6.07) is 29.5. The van der Waals surface area contributed by atoms with Crippen LogP contribution in [0.1, 0.15) is 12.8 Å².